The molecule has 0 bridgehead atoms. The quantitative estimate of drug-likeness (QED) is 0.666. The van der Waals surface area contributed by atoms with Gasteiger partial charge < -0.3 is 5.73 Å². The fraction of sp³-hybridized carbons (Fsp3) is 0.417. The van der Waals surface area contributed by atoms with Crippen LogP contribution in [0.5, 0.6) is 0 Å². The number of rotatable bonds is 2. The molecule has 0 saturated carbocycles. The van der Waals surface area contributed by atoms with Crippen LogP contribution in [0.3, 0.4) is 0 Å². The van der Waals surface area contributed by atoms with Crippen molar-refractivity contribution in [3.05, 3.63) is 34.3 Å². The lowest BCUT2D eigenvalue weighted by atomic mass is 10.1. The highest BCUT2D eigenvalue weighted by molar-refractivity contribution is 9.10. The van der Waals surface area contributed by atoms with Crippen LogP contribution >= 0.6 is 27.7 Å². The van der Waals surface area contributed by atoms with Gasteiger partial charge in [0.25, 0.3) is 0 Å². The average molecular weight is 301 g/mol. The van der Waals surface area contributed by atoms with E-state index in [0.717, 1.165) is 10.2 Å². The molecule has 0 saturated heterocycles. The first-order valence-corrected chi connectivity index (χ1v) is 6.87. The first-order chi connectivity index (χ1) is 7.37. The molecule has 0 aliphatic rings. The van der Waals surface area contributed by atoms with Crippen molar-refractivity contribution in [1.82, 2.24) is 0 Å². The summed E-state index contributed by atoms with van der Waals surface area (Å²) in [5, 5.41) is 0.649. The van der Waals surface area contributed by atoms with E-state index in [0.29, 0.717) is 5.17 Å². The Morgan fingerprint density at radius 1 is 1.31 bits per heavy atom. The average Bonchev–Trinajstić information content (AvgIpc) is 2.14. The number of hydrogen-bond acceptors (Lipinski definition) is 2. The largest absolute Gasteiger partial charge is 0.379 e. The van der Waals surface area contributed by atoms with E-state index < -0.39 is 0 Å². The summed E-state index contributed by atoms with van der Waals surface area (Å²) < 4.78 is 1.09. The monoisotopic (exact) mass is 300 g/mol. The Bertz CT molecular complexity index is 366. The number of nitrogens with two attached hydrogens (primary N) is 1. The topological polar surface area (TPSA) is 38.4 Å². The fourth-order valence-electron chi connectivity index (χ4n) is 1.10. The summed E-state index contributed by atoms with van der Waals surface area (Å²) in [6.07, 6.45) is 0. The normalized spacial score (nSPS) is 12.9. The molecule has 0 amide bonds. The van der Waals surface area contributed by atoms with Gasteiger partial charge in [-0.15, -0.1) is 0 Å². The second-order valence-electron chi connectivity index (χ2n) is 4.54. The highest BCUT2D eigenvalue weighted by Gasteiger charge is 2.08. The molecule has 1 rings (SSSR count). The SMILES string of the molecule is CC(C)(C)N=C(N)SCc1ccc(Br)cc1. The number of benzene rings is 1. The van der Waals surface area contributed by atoms with Gasteiger partial charge >= 0.3 is 0 Å². The Morgan fingerprint density at radius 2 is 1.88 bits per heavy atom. The van der Waals surface area contributed by atoms with Crippen LogP contribution in [0.25, 0.3) is 0 Å². The van der Waals surface area contributed by atoms with Crippen molar-refractivity contribution in [1.29, 1.82) is 0 Å². The minimum Gasteiger partial charge on any atom is -0.379 e. The van der Waals surface area contributed by atoms with Crippen LogP contribution in [0, 0.1) is 0 Å². The van der Waals surface area contributed by atoms with E-state index in [1.54, 1.807) is 11.8 Å². The summed E-state index contributed by atoms with van der Waals surface area (Å²) in [5.74, 6) is 0.860. The Hall–Kier alpha value is -0.480. The fourth-order valence-corrected chi connectivity index (χ4v) is 2.21. The highest BCUT2D eigenvalue weighted by Crippen LogP contribution is 2.17. The predicted octanol–water partition coefficient (Wildman–Crippen LogP) is 3.80. The van der Waals surface area contributed by atoms with Gasteiger partial charge in [-0.25, -0.2) is 0 Å². The third-order valence-corrected chi connectivity index (χ3v) is 3.14. The number of amidine groups is 1. The van der Waals surface area contributed by atoms with Crippen LogP contribution in [0.4, 0.5) is 0 Å². The van der Waals surface area contributed by atoms with Gasteiger partial charge in [0.1, 0.15) is 0 Å². The van der Waals surface area contributed by atoms with Crippen LogP contribution in [-0.4, -0.2) is 10.7 Å². The molecule has 0 aliphatic carbocycles. The van der Waals surface area contributed by atoms with Gasteiger partial charge in [0.05, 0.1) is 5.54 Å². The van der Waals surface area contributed by atoms with Crippen molar-refractivity contribution in [3.63, 3.8) is 0 Å². The Kier molecular flexibility index (Phi) is 4.87. The number of aliphatic imine (C=N–C) groups is 1. The molecule has 2 N–H and O–H groups in total. The van der Waals surface area contributed by atoms with E-state index in [1.165, 1.54) is 5.56 Å². The van der Waals surface area contributed by atoms with Crippen molar-refractivity contribution in [2.24, 2.45) is 10.7 Å². The predicted molar refractivity (Wildman–Crippen MR) is 76.8 cm³/mol. The summed E-state index contributed by atoms with van der Waals surface area (Å²) >= 11 is 4.98. The van der Waals surface area contributed by atoms with E-state index in [-0.39, 0.29) is 5.54 Å². The van der Waals surface area contributed by atoms with E-state index in [1.807, 2.05) is 32.9 Å². The summed E-state index contributed by atoms with van der Waals surface area (Å²) in [5.41, 5.74) is 6.99. The maximum Gasteiger partial charge on any atom is 0.154 e. The molecule has 0 aliphatic heterocycles. The van der Waals surface area contributed by atoms with Gasteiger partial charge in [-0.3, -0.25) is 4.99 Å². The second-order valence-corrected chi connectivity index (χ2v) is 6.45. The van der Waals surface area contributed by atoms with Gasteiger partial charge in [-0.05, 0) is 38.5 Å². The van der Waals surface area contributed by atoms with Crippen LogP contribution < -0.4 is 5.73 Å². The molecule has 0 unspecified atom stereocenters. The van der Waals surface area contributed by atoms with Crippen molar-refractivity contribution in [3.8, 4) is 0 Å². The molecule has 0 fully saturated rings. The van der Waals surface area contributed by atoms with Gasteiger partial charge in [-0.1, -0.05) is 39.8 Å². The molecule has 0 aromatic heterocycles. The van der Waals surface area contributed by atoms with Crippen LogP contribution in [0.15, 0.2) is 33.7 Å². The molecule has 0 radical (unpaired) electrons. The zero-order valence-electron chi connectivity index (χ0n) is 9.83. The van der Waals surface area contributed by atoms with Crippen molar-refractivity contribution in [2.75, 3.05) is 0 Å². The number of hydrogen-bond donors (Lipinski definition) is 1. The first kappa shape index (κ1) is 13.6. The number of nitrogens with zero attached hydrogens (tertiary/aromatic N) is 1. The van der Waals surface area contributed by atoms with Crippen molar-refractivity contribution >= 4 is 32.9 Å². The zero-order chi connectivity index (χ0) is 12.2. The number of halogens is 1. The lowest BCUT2D eigenvalue weighted by Crippen LogP contribution is -2.17. The molecule has 0 spiro atoms. The minimum atomic E-state index is -0.100. The molecular weight excluding hydrogens is 284 g/mol. The third-order valence-electron chi connectivity index (χ3n) is 1.75. The van der Waals surface area contributed by atoms with Gasteiger partial charge in [0.15, 0.2) is 5.17 Å². The van der Waals surface area contributed by atoms with Gasteiger partial charge in [0, 0.05) is 10.2 Å². The highest BCUT2D eigenvalue weighted by atomic mass is 79.9. The standard InChI is InChI=1S/C12H17BrN2S/c1-12(2,3)15-11(14)16-8-9-4-6-10(13)7-5-9/h4-7H,8H2,1-3H3,(H2,14,15). The molecule has 0 atom stereocenters. The Balaban J connectivity index is 2.52. The maximum atomic E-state index is 5.84. The van der Waals surface area contributed by atoms with E-state index >= 15 is 0 Å². The molecule has 1 aromatic carbocycles. The molecule has 16 heavy (non-hydrogen) atoms. The van der Waals surface area contributed by atoms with E-state index in [4.69, 9.17) is 5.73 Å². The van der Waals surface area contributed by atoms with Gasteiger partial charge in [0.2, 0.25) is 0 Å². The van der Waals surface area contributed by atoms with E-state index in [2.05, 4.69) is 33.1 Å². The van der Waals surface area contributed by atoms with Crippen LogP contribution in [-0.2, 0) is 5.75 Å². The van der Waals surface area contributed by atoms with Crippen LogP contribution in [0.1, 0.15) is 26.3 Å². The first-order valence-electron chi connectivity index (χ1n) is 5.09. The molecule has 4 heteroatoms. The molecular formula is C12H17BrN2S. The van der Waals surface area contributed by atoms with Crippen molar-refractivity contribution in [2.45, 2.75) is 32.1 Å². The lowest BCUT2D eigenvalue weighted by Gasteiger charge is -2.13. The summed E-state index contributed by atoms with van der Waals surface area (Å²) in [4.78, 5) is 4.39. The third kappa shape index (κ3) is 5.56. The summed E-state index contributed by atoms with van der Waals surface area (Å²) in [6, 6.07) is 8.24. The Labute approximate surface area is 110 Å². The zero-order valence-corrected chi connectivity index (χ0v) is 12.2. The van der Waals surface area contributed by atoms with Crippen molar-refractivity contribution < 1.29 is 0 Å². The van der Waals surface area contributed by atoms with Crippen LogP contribution in [0.2, 0.25) is 0 Å². The number of thioether (sulfide) groups is 1. The minimum absolute atomic E-state index is 0.100. The lowest BCUT2D eigenvalue weighted by molar-refractivity contribution is 0.585. The molecule has 88 valence electrons. The maximum absolute atomic E-state index is 5.84. The Morgan fingerprint density at radius 3 is 2.38 bits per heavy atom. The van der Waals surface area contributed by atoms with Gasteiger partial charge in [-0.2, -0.15) is 0 Å². The molecule has 2 nitrogen and oxygen atoms in total. The smallest absolute Gasteiger partial charge is 0.154 e. The van der Waals surface area contributed by atoms with E-state index in [9.17, 15) is 0 Å². The second kappa shape index (κ2) is 5.73. The summed E-state index contributed by atoms with van der Waals surface area (Å²) in [6.45, 7) is 6.13. The summed E-state index contributed by atoms with van der Waals surface area (Å²) in [7, 11) is 0. The molecule has 0 heterocycles. The molecule has 1 aromatic rings.